The van der Waals surface area contributed by atoms with Crippen LogP contribution in [-0.4, -0.2) is 69.3 Å². The Hall–Kier alpha value is -3.54. The van der Waals surface area contributed by atoms with Crippen LogP contribution in [0.5, 0.6) is 0 Å². The summed E-state index contributed by atoms with van der Waals surface area (Å²) in [4.78, 5) is 19.7. The number of aromatic nitrogens is 5. The second-order valence-electron chi connectivity index (χ2n) is 9.46. The maximum atomic E-state index is 15.1. The number of ether oxygens (including phenoxy) is 1. The van der Waals surface area contributed by atoms with Gasteiger partial charge in [0.15, 0.2) is 11.6 Å². The molecular formula is C26H28F2N8O. The number of nitrogens with zero attached hydrogens (tertiary/aromatic N) is 6. The van der Waals surface area contributed by atoms with Crippen LogP contribution in [0.25, 0.3) is 22.3 Å². The minimum Gasteiger partial charge on any atom is -0.383 e. The van der Waals surface area contributed by atoms with Crippen LogP contribution in [0.15, 0.2) is 36.7 Å². The van der Waals surface area contributed by atoms with Gasteiger partial charge in [-0.25, -0.2) is 28.7 Å². The number of hydrogen-bond acceptors (Lipinski definition) is 8. The molecule has 3 aromatic heterocycles. The quantitative estimate of drug-likeness (QED) is 0.394. The van der Waals surface area contributed by atoms with E-state index in [0.29, 0.717) is 23.5 Å². The first-order valence-electron chi connectivity index (χ1n) is 12.5. The summed E-state index contributed by atoms with van der Waals surface area (Å²) < 4.78 is 37.3. The zero-order chi connectivity index (χ0) is 25.4. The van der Waals surface area contributed by atoms with Gasteiger partial charge in [0.2, 0.25) is 5.95 Å². The number of benzene rings is 1. The molecule has 5 heterocycles. The summed E-state index contributed by atoms with van der Waals surface area (Å²) in [5.41, 5.74) is 2.32. The van der Waals surface area contributed by atoms with Gasteiger partial charge in [0.1, 0.15) is 22.9 Å². The van der Waals surface area contributed by atoms with Crippen molar-refractivity contribution < 1.29 is 13.5 Å². The van der Waals surface area contributed by atoms with Gasteiger partial charge in [0.05, 0.1) is 24.4 Å². The fourth-order valence-corrected chi connectivity index (χ4v) is 5.16. The molecule has 0 aliphatic carbocycles. The van der Waals surface area contributed by atoms with Crippen molar-refractivity contribution in [1.82, 2.24) is 34.7 Å². The second kappa shape index (κ2) is 10.1. The molecule has 2 aliphatic rings. The molecule has 1 aromatic carbocycles. The van der Waals surface area contributed by atoms with Crippen molar-refractivity contribution in [3.05, 3.63) is 59.7 Å². The molecule has 6 rings (SSSR count). The molecule has 0 bridgehead atoms. The largest absolute Gasteiger partial charge is 0.383 e. The summed E-state index contributed by atoms with van der Waals surface area (Å²) in [7, 11) is 1.64. The Labute approximate surface area is 212 Å². The molecule has 11 heteroatoms. The lowest BCUT2D eigenvalue weighted by Gasteiger charge is -2.27. The third-order valence-corrected chi connectivity index (χ3v) is 6.95. The third kappa shape index (κ3) is 4.77. The first-order chi connectivity index (χ1) is 18.1. The number of methoxy groups -OCH3 is 1. The SMILES string of the molecule is COC[C@@H]1CCc2nc3c(F)cc(-c4nc(Nc5ccc(CN6CCNCC6)cn5)ncc4F)cc3n21. The fourth-order valence-electron chi connectivity index (χ4n) is 5.16. The molecule has 4 aromatic rings. The van der Waals surface area contributed by atoms with E-state index < -0.39 is 11.6 Å². The van der Waals surface area contributed by atoms with Crippen LogP contribution in [0.1, 0.15) is 23.9 Å². The summed E-state index contributed by atoms with van der Waals surface area (Å²) >= 11 is 0. The summed E-state index contributed by atoms with van der Waals surface area (Å²) in [5.74, 6) is 0.373. The van der Waals surface area contributed by atoms with E-state index in [4.69, 9.17) is 4.74 Å². The normalized spacial score (nSPS) is 17.9. The van der Waals surface area contributed by atoms with E-state index >= 15 is 4.39 Å². The number of nitrogens with one attached hydrogen (secondary N) is 2. The number of halogens is 2. The predicted octanol–water partition coefficient (Wildman–Crippen LogP) is 3.45. The highest BCUT2D eigenvalue weighted by Gasteiger charge is 2.27. The first kappa shape index (κ1) is 23.8. The first-order valence-corrected chi connectivity index (χ1v) is 12.5. The van der Waals surface area contributed by atoms with Crippen LogP contribution in [0, 0.1) is 11.6 Å². The van der Waals surface area contributed by atoms with Gasteiger partial charge in [-0.2, -0.15) is 0 Å². The van der Waals surface area contributed by atoms with Gasteiger partial charge in [-0.1, -0.05) is 6.07 Å². The Morgan fingerprint density at radius 2 is 1.95 bits per heavy atom. The van der Waals surface area contributed by atoms with Crippen molar-refractivity contribution in [3.8, 4) is 11.3 Å². The van der Waals surface area contributed by atoms with Gasteiger partial charge in [-0.3, -0.25) is 4.90 Å². The molecule has 1 fully saturated rings. The maximum absolute atomic E-state index is 15.1. The number of pyridine rings is 1. The average Bonchev–Trinajstić information content (AvgIpc) is 3.48. The average molecular weight is 507 g/mol. The van der Waals surface area contributed by atoms with Crippen LogP contribution in [0.4, 0.5) is 20.5 Å². The van der Waals surface area contributed by atoms with Crippen molar-refractivity contribution >= 4 is 22.8 Å². The van der Waals surface area contributed by atoms with Crippen LogP contribution in [0.3, 0.4) is 0 Å². The molecule has 2 N–H and O–H groups in total. The molecule has 2 aliphatic heterocycles. The highest BCUT2D eigenvalue weighted by Crippen LogP contribution is 2.35. The molecule has 0 saturated carbocycles. The molecule has 0 unspecified atom stereocenters. The Kier molecular flexibility index (Phi) is 6.49. The van der Waals surface area contributed by atoms with Crippen LogP contribution in [0.2, 0.25) is 0 Å². The molecule has 0 amide bonds. The van der Waals surface area contributed by atoms with Crippen LogP contribution in [-0.2, 0) is 17.7 Å². The van der Waals surface area contributed by atoms with E-state index in [1.165, 1.54) is 6.07 Å². The molecule has 0 radical (unpaired) electrons. The predicted molar refractivity (Wildman–Crippen MR) is 136 cm³/mol. The Bertz CT molecular complexity index is 1420. The van der Waals surface area contributed by atoms with Crippen molar-refractivity contribution in [3.63, 3.8) is 0 Å². The van der Waals surface area contributed by atoms with Gasteiger partial charge in [0, 0.05) is 58.0 Å². The number of hydrogen-bond donors (Lipinski definition) is 2. The third-order valence-electron chi connectivity index (χ3n) is 6.95. The number of imidazole rings is 1. The second-order valence-corrected chi connectivity index (χ2v) is 9.46. The van der Waals surface area contributed by atoms with Crippen molar-refractivity contribution in [1.29, 1.82) is 0 Å². The molecule has 192 valence electrons. The van der Waals surface area contributed by atoms with E-state index in [1.54, 1.807) is 13.2 Å². The molecule has 0 spiro atoms. The molecule has 37 heavy (non-hydrogen) atoms. The molecule has 1 atom stereocenters. The lowest BCUT2D eigenvalue weighted by atomic mass is 10.1. The summed E-state index contributed by atoms with van der Waals surface area (Å²) in [5, 5.41) is 6.38. The van der Waals surface area contributed by atoms with Crippen molar-refractivity contribution in [2.75, 3.05) is 45.2 Å². The number of aryl methyl sites for hydroxylation is 1. The topological polar surface area (TPSA) is 93.0 Å². The molecule has 1 saturated heterocycles. The number of fused-ring (bicyclic) bond motifs is 3. The minimum atomic E-state index is -0.641. The van der Waals surface area contributed by atoms with Crippen LogP contribution >= 0.6 is 0 Å². The Balaban J connectivity index is 1.26. The van der Waals surface area contributed by atoms with E-state index in [-0.39, 0.29) is 23.2 Å². The van der Waals surface area contributed by atoms with Crippen molar-refractivity contribution in [2.24, 2.45) is 0 Å². The number of rotatable bonds is 7. The monoisotopic (exact) mass is 506 g/mol. The number of piperazine rings is 1. The Morgan fingerprint density at radius 3 is 2.73 bits per heavy atom. The van der Waals surface area contributed by atoms with Crippen molar-refractivity contribution in [2.45, 2.75) is 25.4 Å². The maximum Gasteiger partial charge on any atom is 0.229 e. The standard InChI is InChI=1S/C26H28F2N8O/c1-37-15-18-3-5-23-33-25-19(27)10-17(11-21(25)36(18)23)24-20(28)13-31-26(34-24)32-22-4-2-16(12-30-22)14-35-8-6-29-7-9-35/h2,4,10-13,18,29H,3,5-9,14-15H2,1H3,(H,30,31,32,34)/t18-/m0/s1. The number of anilines is 2. The summed E-state index contributed by atoms with van der Waals surface area (Å²) in [6.45, 7) is 5.34. The summed E-state index contributed by atoms with van der Waals surface area (Å²) in [6.07, 6.45) is 4.51. The van der Waals surface area contributed by atoms with Gasteiger partial charge in [-0.05, 0) is 30.2 Å². The highest BCUT2D eigenvalue weighted by atomic mass is 19.1. The molecular weight excluding hydrogens is 478 g/mol. The smallest absolute Gasteiger partial charge is 0.229 e. The van der Waals surface area contributed by atoms with E-state index in [0.717, 1.165) is 63.2 Å². The fraction of sp³-hybridized carbons (Fsp3) is 0.385. The van der Waals surface area contributed by atoms with Gasteiger partial charge in [0.25, 0.3) is 0 Å². The van der Waals surface area contributed by atoms with Gasteiger partial charge >= 0.3 is 0 Å². The zero-order valence-electron chi connectivity index (χ0n) is 20.5. The lowest BCUT2D eigenvalue weighted by molar-refractivity contribution is 0.160. The Morgan fingerprint density at radius 1 is 1.08 bits per heavy atom. The zero-order valence-corrected chi connectivity index (χ0v) is 20.5. The van der Waals surface area contributed by atoms with Gasteiger partial charge in [-0.15, -0.1) is 0 Å². The van der Waals surface area contributed by atoms with Crippen LogP contribution < -0.4 is 10.6 Å². The van der Waals surface area contributed by atoms with E-state index in [9.17, 15) is 4.39 Å². The van der Waals surface area contributed by atoms with E-state index in [2.05, 4.69) is 35.5 Å². The lowest BCUT2D eigenvalue weighted by Crippen LogP contribution is -2.42. The highest BCUT2D eigenvalue weighted by molar-refractivity contribution is 5.83. The minimum absolute atomic E-state index is 0.00506. The van der Waals surface area contributed by atoms with E-state index in [1.807, 2.05) is 22.9 Å². The molecule has 9 nitrogen and oxygen atoms in total. The summed E-state index contributed by atoms with van der Waals surface area (Å²) in [6, 6.07) is 6.92. The van der Waals surface area contributed by atoms with Gasteiger partial charge < -0.3 is 19.9 Å².